The van der Waals surface area contributed by atoms with Gasteiger partial charge in [0.25, 0.3) is 0 Å². The molecule has 0 saturated carbocycles. The number of nitrogen functional groups attached to an aromatic ring is 1. The topological polar surface area (TPSA) is 88.0 Å². The second-order valence-electron chi connectivity index (χ2n) is 8.23. The summed E-state index contributed by atoms with van der Waals surface area (Å²) in [7, 11) is 3.45. The van der Waals surface area contributed by atoms with Gasteiger partial charge < -0.3 is 10.5 Å². The van der Waals surface area contributed by atoms with Crippen molar-refractivity contribution in [1.29, 1.82) is 0 Å². The minimum atomic E-state index is -0.0768. The van der Waals surface area contributed by atoms with Gasteiger partial charge in [-0.2, -0.15) is 0 Å². The zero-order chi connectivity index (χ0) is 23.4. The Hall–Kier alpha value is -4.17. The number of nitrogens with two attached hydrogens (primary N) is 1. The maximum absolute atomic E-state index is 13.2. The highest BCUT2D eigenvalue weighted by Gasteiger charge is 2.16. The first-order valence-corrected chi connectivity index (χ1v) is 11.6. The lowest BCUT2D eigenvalue weighted by Gasteiger charge is -2.07. The van der Waals surface area contributed by atoms with Gasteiger partial charge in [0.2, 0.25) is 0 Å². The van der Waals surface area contributed by atoms with E-state index in [0.29, 0.717) is 11.7 Å². The van der Waals surface area contributed by atoms with Crippen LogP contribution in [0.2, 0.25) is 0 Å². The molecule has 0 bridgehead atoms. The van der Waals surface area contributed by atoms with E-state index in [1.165, 1.54) is 11.3 Å². The summed E-state index contributed by atoms with van der Waals surface area (Å²) in [6.07, 6.45) is 1.79. The number of imidazole rings is 1. The normalized spacial score (nSPS) is 11.6. The van der Waals surface area contributed by atoms with Crippen LogP contribution in [-0.2, 0) is 13.6 Å². The molecule has 168 valence electrons. The second kappa shape index (κ2) is 7.71. The molecule has 2 N–H and O–H groups in total. The van der Waals surface area contributed by atoms with Crippen LogP contribution < -0.4 is 16.2 Å². The van der Waals surface area contributed by atoms with Crippen molar-refractivity contribution in [3.63, 3.8) is 0 Å². The summed E-state index contributed by atoms with van der Waals surface area (Å²) < 4.78 is 9.77. The summed E-state index contributed by atoms with van der Waals surface area (Å²) in [5, 5.41) is 1.50. The number of benzene rings is 3. The molecule has 0 amide bonds. The molecule has 0 aliphatic carbocycles. The number of fused-ring (bicyclic) bond motifs is 4. The van der Waals surface area contributed by atoms with Gasteiger partial charge in [0, 0.05) is 12.4 Å². The molecule has 6 rings (SSSR count). The van der Waals surface area contributed by atoms with Crippen LogP contribution in [0.4, 0.5) is 5.13 Å². The average Bonchev–Trinajstić information content (AvgIpc) is 3.35. The van der Waals surface area contributed by atoms with Gasteiger partial charge in [0.1, 0.15) is 5.75 Å². The Labute approximate surface area is 198 Å². The zero-order valence-corrected chi connectivity index (χ0v) is 19.5. The SMILES string of the molecule is COc1ccc(Cn2c(=O)n(C)c3c4cc(-c5ccc6nc(N)sc6c5)ccc4ncc32)cc1. The minimum absolute atomic E-state index is 0.0768. The third kappa shape index (κ3) is 3.22. The molecule has 0 aliphatic rings. The van der Waals surface area contributed by atoms with Crippen LogP contribution >= 0.6 is 11.3 Å². The Morgan fingerprint density at radius 2 is 1.74 bits per heavy atom. The Balaban J connectivity index is 1.50. The Morgan fingerprint density at radius 1 is 1.00 bits per heavy atom. The Morgan fingerprint density at radius 3 is 2.50 bits per heavy atom. The van der Waals surface area contributed by atoms with Gasteiger partial charge in [-0.05, 0) is 53.1 Å². The number of aromatic nitrogens is 4. The third-order valence-corrected chi connectivity index (χ3v) is 7.05. The molecule has 0 saturated heterocycles. The summed E-state index contributed by atoms with van der Waals surface area (Å²) in [4.78, 5) is 22.2. The van der Waals surface area contributed by atoms with E-state index in [9.17, 15) is 4.79 Å². The number of anilines is 1. The van der Waals surface area contributed by atoms with Crippen LogP contribution in [-0.4, -0.2) is 26.2 Å². The number of thiazole rings is 1. The van der Waals surface area contributed by atoms with Crippen LogP contribution in [0.3, 0.4) is 0 Å². The van der Waals surface area contributed by atoms with Crippen LogP contribution in [0.15, 0.2) is 71.7 Å². The molecule has 0 spiro atoms. The molecule has 0 aliphatic heterocycles. The standard InChI is InChI=1S/C26H21N5O2S/c1-30-24-19-11-16(17-6-10-21-23(12-17)34-25(27)29-21)5-9-20(19)28-13-22(24)31(26(30)32)14-15-3-7-18(33-2)8-4-15/h3-13H,14H2,1-2H3,(H2,27,29). The van der Waals surface area contributed by atoms with Crippen molar-refractivity contribution >= 4 is 48.6 Å². The first-order chi connectivity index (χ1) is 16.5. The predicted octanol–water partition coefficient (Wildman–Crippen LogP) is 4.80. The largest absolute Gasteiger partial charge is 0.497 e. The first-order valence-electron chi connectivity index (χ1n) is 10.8. The summed E-state index contributed by atoms with van der Waals surface area (Å²) in [6.45, 7) is 0.455. The maximum atomic E-state index is 13.2. The van der Waals surface area contributed by atoms with Crippen molar-refractivity contribution in [3.05, 3.63) is 82.9 Å². The number of rotatable bonds is 4. The molecule has 3 aromatic carbocycles. The van der Waals surface area contributed by atoms with Gasteiger partial charge in [0.05, 0.1) is 46.6 Å². The van der Waals surface area contributed by atoms with Crippen molar-refractivity contribution in [1.82, 2.24) is 19.1 Å². The zero-order valence-electron chi connectivity index (χ0n) is 18.6. The molecule has 0 radical (unpaired) electrons. The second-order valence-corrected chi connectivity index (χ2v) is 9.30. The van der Waals surface area contributed by atoms with Gasteiger partial charge in [-0.25, -0.2) is 9.78 Å². The van der Waals surface area contributed by atoms with Gasteiger partial charge in [-0.1, -0.05) is 35.6 Å². The van der Waals surface area contributed by atoms with E-state index in [1.54, 1.807) is 22.4 Å². The van der Waals surface area contributed by atoms with Gasteiger partial charge in [-0.15, -0.1) is 0 Å². The average molecular weight is 468 g/mol. The van der Waals surface area contributed by atoms with E-state index >= 15 is 0 Å². The van der Waals surface area contributed by atoms with E-state index in [4.69, 9.17) is 10.5 Å². The van der Waals surface area contributed by atoms with Crippen molar-refractivity contribution < 1.29 is 4.74 Å². The van der Waals surface area contributed by atoms with Gasteiger partial charge in [0.15, 0.2) is 5.13 Å². The fourth-order valence-corrected chi connectivity index (χ4v) is 5.24. The van der Waals surface area contributed by atoms with E-state index < -0.39 is 0 Å². The highest BCUT2D eigenvalue weighted by Crippen LogP contribution is 2.32. The van der Waals surface area contributed by atoms with E-state index in [2.05, 4.69) is 28.2 Å². The van der Waals surface area contributed by atoms with Crippen LogP contribution in [0.25, 0.3) is 43.3 Å². The maximum Gasteiger partial charge on any atom is 0.329 e. The summed E-state index contributed by atoms with van der Waals surface area (Å²) >= 11 is 1.48. The Kier molecular flexibility index (Phi) is 4.63. The number of pyridine rings is 1. The van der Waals surface area contributed by atoms with E-state index in [0.717, 1.165) is 54.6 Å². The highest BCUT2D eigenvalue weighted by molar-refractivity contribution is 7.22. The number of hydrogen-bond acceptors (Lipinski definition) is 6. The van der Waals surface area contributed by atoms with Crippen molar-refractivity contribution in [3.8, 4) is 16.9 Å². The van der Waals surface area contributed by atoms with Crippen molar-refractivity contribution in [2.75, 3.05) is 12.8 Å². The number of nitrogens with zero attached hydrogens (tertiary/aromatic N) is 4. The van der Waals surface area contributed by atoms with Crippen LogP contribution in [0, 0.1) is 0 Å². The van der Waals surface area contributed by atoms with Gasteiger partial charge >= 0.3 is 5.69 Å². The number of hydrogen-bond donors (Lipinski definition) is 1. The molecule has 0 atom stereocenters. The molecule has 0 unspecified atom stereocenters. The molecule has 6 aromatic rings. The summed E-state index contributed by atoms with van der Waals surface area (Å²) in [6, 6.07) is 20.0. The molecular formula is C26H21N5O2S. The molecule has 7 nitrogen and oxygen atoms in total. The quantitative estimate of drug-likeness (QED) is 0.402. The third-order valence-electron chi connectivity index (χ3n) is 6.20. The lowest BCUT2D eigenvalue weighted by molar-refractivity contribution is 0.414. The number of ether oxygens (including phenoxy) is 1. The van der Waals surface area contributed by atoms with Crippen LogP contribution in [0.5, 0.6) is 5.75 Å². The minimum Gasteiger partial charge on any atom is -0.497 e. The van der Waals surface area contributed by atoms with Crippen molar-refractivity contribution in [2.45, 2.75) is 6.54 Å². The first kappa shape index (κ1) is 20.4. The summed E-state index contributed by atoms with van der Waals surface area (Å²) in [5.41, 5.74) is 12.3. The monoisotopic (exact) mass is 467 g/mol. The highest BCUT2D eigenvalue weighted by atomic mass is 32.1. The van der Waals surface area contributed by atoms with Crippen LogP contribution in [0.1, 0.15) is 5.56 Å². The molecule has 0 fully saturated rings. The molecular weight excluding hydrogens is 446 g/mol. The fraction of sp³-hybridized carbons (Fsp3) is 0.115. The van der Waals surface area contributed by atoms with E-state index in [-0.39, 0.29) is 5.69 Å². The molecule has 3 aromatic heterocycles. The van der Waals surface area contributed by atoms with E-state index in [1.807, 2.05) is 49.5 Å². The molecule has 8 heteroatoms. The van der Waals surface area contributed by atoms with Crippen molar-refractivity contribution in [2.24, 2.45) is 7.05 Å². The smallest absolute Gasteiger partial charge is 0.329 e. The molecule has 34 heavy (non-hydrogen) atoms. The predicted molar refractivity (Wildman–Crippen MR) is 138 cm³/mol. The molecule has 3 heterocycles. The number of aryl methyl sites for hydroxylation is 1. The Bertz CT molecular complexity index is 1760. The summed E-state index contributed by atoms with van der Waals surface area (Å²) in [5.74, 6) is 0.786. The van der Waals surface area contributed by atoms with Gasteiger partial charge in [-0.3, -0.25) is 14.1 Å². The fourth-order valence-electron chi connectivity index (χ4n) is 4.47. The lowest BCUT2D eigenvalue weighted by Crippen LogP contribution is -2.22. The number of methoxy groups -OCH3 is 1. The lowest BCUT2D eigenvalue weighted by atomic mass is 10.0.